The van der Waals surface area contributed by atoms with E-state index in [0.29, 0.717) is 45.6 Å². The minimum atomic E-state index is -4.44. The van der Waals surface area contributed by atoms with Crippen LogP contribution in [0, 0.1) is 26.1 Å². The molecule has 0 radical (unpaired) electrons. The summed E-state index contributed by atoms with van der Waals surface area (Å²) in [4.78, 5) is 56.1. The van der Waals surface area contributed by atoms with Gasteiger partial charge < -0.3 is 24.8 Å². The van der Waals surface area contributed by atoms with Crippen LogP contribution in [-0.4, -0.2) is 75.6 Å². The van der Waals surface area contributed by atoms with Gasteiger partial charge in [0.25, 0.3) is 0 Å². The van der Waals surface area contributed by atoms with E-state index in [1.54, 1.807) is 18.9 Å². The van der Waals surface area contributed by atoms with Gasteiger partial charge in [0, 0.05) is 44.6 Å². The summed E-state index contributed by atoms with van der Waals surface area (Å²) in [6.07, 6.45) is 2.16. The molecule has 0 bridgehead atoms. The zero-order valence-electron chi connectivity index (χ0n) is 29.6. The van der Waals surface area contributed by atoms with Crippen molar-refractivity contribution in [3.63, 3.8) is 0 Å². The Labute approximate surface area is 308 Å². The van der Waals surface area contributed by atoms with E-state index in [4.69, 9.17) is 4.74 Å². The number of hydrogen-bond donors (Lipinski definition) is 1. The van der Waals surface area contributed by atoms with Gasteiger partial charge in [0.2, 0.25) is 23.3 Å². The number of piperidine rings is 2. The Morgan fingerprint density at radius 1 is 0.852 bits per heavy atom. The minimum absolute atomic E-state index is 0.0506. The number of anilines is 6. The molecule has 6 rings (SSSR count). The molecule has 2 aromatic carbocycles. The number of rotatable bonds is 10. The van der Waals surface area contributed by atoms with Crippen LogP contribution in [-0.2, 0) is 15.7 Å². The van der Waals surface area contributed by atoms with Crippen LogP contribution in [0.15, 0.2) is 67.3 Å². The van der Waals surface area contributed by atoms with E-state index < -0.39 is 21.6 Å². The van der Waals surface area contributed by atoms with Crippen LogP contribution in [0.25, 0.3) is 0 Å². The summed E-state index contributed by atoms with van der Waals surface area (Å²) < 4.78 is 43.0. The monoisotopic (exact) mass is 752 g/mol. The number of aromatic nitrogens is 4. The van der Waals surface area contributed by atoms with Crippen LogP contribution in [0.1, 0.15) is 44.6 Å². The van der Waals surface area contributed by atoms with Gasteiger partial charge in [0.15, 0.2) is 0 Å². The van der Waals surface area contributed by atoms with E-state index in [1.807, 2.05) is 40.1 Å². The summed E-state index contributed by atoms with van der Waals surface area (Å²) >= 11 is 0. The average molecular weight is 753 g/mol. The van der Waals surface area contributed by atoms with E-state index >= 15 is 0 Å². The predicted octanol–water partition coefficient (Wildman–Crippen LogP) is 7.07. The highest BCUT2D eigenvalue weighted by atomic mass is 19.4. The molecule has 54 heavy (non-hydrogen) atoms. The van der Waals surface area contributed by atoms with Crippen molar-refractivity contribution >= 4 is 52.0 Å². The average Bonchev–Trinajstić information content (AvgIpc) is 3.18. The number of nitrogens with one attached hydrogen (secondary N) is 1. The summed E-state index contributed by atoms with van der Waals surface area (Å²) in [5.41, 5.74) is -0.160. The minimum Gasteiger partial charge on any atom is -0.466 e. The molecule has 16 nitrogen and oxygen atoms in total. The van der Waals surface area contributed by atoms with Gasteiger partial charge in [-0.3, -0.25) is 25.0 Å². The van der Waals surface area contributed by atoms with E-state index in [0.717, 1.165) is 37.1 Å². The Kier molecular flexibility index (Phi) is 12.7. The number of carbonyl (C=O) groups is 1. The number of nitrogens with zero attached hydrogens (tertiary/aromatic N) is 9. The second-order valence-electron chi connectivity index (χ2n) is 12.4. The molecule has 0 amide bonds. The Bertz CT molecular complexity index is 1910. The fourth-order valence-electron chi connectivity index (χ4n) is 6.21. The van der Waals surface area contributed by atoms with Gasteiger partial charge in [0.1, 0.15) is 12.7 Å². The lowest BCUT2D eigenvalue weighted by atomic mass is 9.97. The zero-order chi connectivity index (χ0) is 38.8. The maximum absolute atomic E-state index is 12.6. The second kappa shape index (κ2) is 17.6. The van der Waals surface area contributed by atoms with Crippen molar-refractivity contribution < 1.29 is 32.5 Å². The van der Waals surface area contributed by atoms with Gasteiger partial charge in [-0.2, -0.15) is 13.2 Å². The van der Waals surface area contributed by atoms with Gasteiger partial charge in [-0.1, -0.05) is 18.2 Å². The Morgan fingerprint density at radius 2 is 1.43 bits per heavy atom. The lowest BCUT2D eigenvalue weighted by Crippen LogP contribution is -2.38. The maximum Gasteiger partial charge on any atom is 0.416 e. The van der Waals surface area contributed by atoms with Gasteiger partial charge in [-0.05, 0) is 75.4 Å². The predicted molar refractivity (Wildman–Crippen MR) is 194 cm³/mol. The summed E-state index contributed by atoms with van der Waals surface area (Å²) in [5.74, 6) is 0.297. The van der Waals surface area contributed by atoms with Crippen molar-refractivity contribution in [2.24, 2.45) is 5.92 Å². The molecule has 2 aliphatic rings. The number of carbonyl (C=O) groups excluding carboxylic acids is 1. The van der Waals surface area contributed by atoms with Crippen LogP contribution < -0.4 is 20.0 Å². The fourth-order valence-corrected chi connectivity index (χ4v) is 6.21. The van der Waals surface area contributed by atoms with Crippen molar-refractivity contribution in [2.75, 3.05) is 59.9 Å². The zero-order valence-corrected chi connectivity index (χ0v) is 29.6. The first-order valence-corrected chi connectivity index (χ1v) is 17.3. The highest BCUT2D eigenvalue weighted by molar-refractivity contribution is 5.77. The van der Waals surface area contributed by atoms with Crippen molar-refractivity contribution in [1.82, 2.24) is 19.9 Å². The molecule has 4 heterocycles. The Morgan fingerprint density at radius 3 is 2.00 bits per heavy atom. The summed E-state index contributed by atoms with van der Waals surface area (Å²) in [5, 5.41) is 26.2. The van der Waals surface area contributed by atoms with E-state index in [2.05, 4.69) is 25.3 Å². The number of alkyl halides is 3. The molecule has 286 valence electrons. The number of hydrogen-bond acceptors (Lipinski definition) is 14. The van der Waals surface area contributed by atoms with Gasteiger partial charge in [-0.25, -0.2) is 19.9 Å². The molecule has 0 spiro atoms. The molecule has 0 atom stereocenters. The largest absolute Gasteiger partial charge is 0.466 e. The molecule has 4 aromatic rings. The van der Waals surface area contributed by atoms with Crippen molar-refractivity contribution in [1.29, 1.82) is 0 Å². The summed E-state index contributed by atoms with van der Waals surface area (Å²) in [7, 11) is 1.74. The quantitative estimate of drug-likeness (QED) is 0.0985. The molecular formula is C35H39F3N10O6. The first-order chi connectivity index (χ1) is 25.9. The van der Waals surface area contributed by atoms with Crippen LogP contribution in [0.2, 0.25) is 0 Å². The van der Waals surface area contributed by atoms with Crippen molar-refractivity contribution in [2.45, 2.75) is 45.2 Å². The number of benzene rings is 2. The molecular weight excluding hydrogens is 713 g/mol. The third-order valence-electron chi connectivity index (χ3n) is 8.96. The Balaban J connectivity index is 0.000000208. The van der Waals surface area contributed by atoms with Crippen LogP contribution in [0.3, 0.4) is 0 Å². The van der Waals surface area contributed by atoms with Crippen molar-refractivity contribution in [3.05, 3.63) is 93.0 Å². The molecule has 0 saturated carbocycles. The highest BCUT2D eigenvalue weighted by Crippen LogP contribution is 2.39. The molecule has 0 unspecified atom stereocenters. The van der Waals surface area contributed by atoms with E-state index in [9.17, 15) is 38.2 Å². The van der Waals surface area contributed by atoms with E-state index in [-0.39, 0.29) is 52.2 Å². The normalized spacial score (nSPS) is 14.8. The molecule has 19 heteroatoms. The number of nitro groups is 2. The number of ether oxygens (including phenoxy) is 1. The topological polar surface area (TPSA) is 186 Å². The standard InChI is InChI=1S/C19H23N5O4.C16H16F3N5O2/c1-3-28-19(25)14-9-11-23(12-10-14)18-16(24(26)27)17(20-13-21-18)22(2)15-7-5-4-6-8-15;17-16(18,19)11-4-6-12(7-5-11)22-14-13(24(25)26)15(21-10-20-14)23-8-2-1-3-9-23/h4-8,13-14H,3,9-12H2,1-2H3;4-7,10H,1-3,8-9H2,(H,20,21,22). The Hall–Kier alpha value is -6.14. The second-order valence-corrected chi connectivity index (χ2v) is 12.4. The lowest BCUT2D eigenvalue weighted by Gasteiger charge is -2.31. The fraction of sp³-hybridized carbons (Fsp3) is 0.400. The molecule has 2 aliphatic heterocycles. The SMILES string of the molecule is CCOC(=O)C1CCN(c2ncnc(N(C)c3ccccc3)c2[N+](=O)[O-])CC1.O=[N+]([O-])c1c(Nc2ccc(C(F)(F)F)cc2)ncnc1N1CCCCC1. The third kappa shape index (κ3) is 9.44. The molecule has 2 saturated heterocycles. The van der Waals surface area contributed by atoms with Gasteiger partial charge in [0.05, 0.1) is 27.9 Å². The van der Waals surface area contributed by atoms with E-state index in [1.165, 1.54) is 24.8 Å². The third-order valence-corrected chi connectivity index (χ3v) is 8.96. The molecule has 2 fully saturated rings. The first-order valence-electron chi connectivity index (χ1n) is 17.3. The molecule has 0 aliphatic carbocycles. The van der Waals surface area contributed by atoms with Crippen LogP contribution in [0.4, 0.5) is 59.2 Å². The highest BCUT2D eigenvalue weighted by Gasteiger charge is 2.34. The lowest BCUT2D eigenvalue weighted by molar-refractivity contribution is -0.383. The number of para-hydroxylation sites is 1. The van der Waals surface area contributed by atoms with Crippen LogP contribution in [0.5, 0.6) is 0 Å². The summed E-state index contributed by atoms with van der Waals surface area (Å²) in [6.45, 7) is 4.45. The number of esters is 1. The number of halogens is 3. The van der Waals surface area contributed by atoms with Crippen LogP contribution >= 0.6 is 0 Å². The van der Waals surface area contributed by atoms with Crippen molar-refractivity contribution in [3.8, 4) is 0 Å². The molecule has 2 aromatic heterocycles. The first kappa shape index (κ1) is 39.1. The smallest absolute Gasteiger partial charge is 0.416 e. The van der Waals surface area contributed by atoms with Gasteiger partial charge >= 0.3 is 23.5 Å². The summed E-state index contributed by atoms with van der Waals surface area (Å²) in [6, 6.07) is 13.5. The maximum atomic E-state index is 12.6. The molecule has 1 N–H and O–H groups in total. The van der Waals surface area contributed by atoms with Gasteiger partial charge in [-0.15, -0.1) is 0 Å².